The summed E-state index contributed by atoms with van der Waals surface area (Å²) in [5, 5.41) is 4.89. The number of halogens is 1. The molecule has 0 saturated heterocycles. The zero-order valence-electron chi connectivity index (χ0n) is 10.9. The highest BCUT2D eigenvalue weighted by Crippen LogP contribution is 2.16. The van der Waals surface area contributed by atoms with Gasteiger partial charge in [0.05, 0.1) is 5.52 Å². The maximum atomic E-state index is 6.00. The monoisotopic (exact) mass is 262 g/mol. The van der Waals surface area contributed by atoms with Crippen molar-refractivity contribution < 1.29 is 0 Å². The third kappa shape index (κ3) is 3.44. The Balaban J connectivity index is 2.08. The maximum absolute atomic E-state index is 6.00. The molecule has 2 nitrogen and oxygen atoms in total. The van der Waals surface area contributed by atoms with E-state index in [2.05, 4.69) is 41.5 Å². The van der Waals surface area contributed by atoms with Crippen molar-refractivity contribution in [3.63, 3.8) is 0 Å². The highest BCUT2D eigenvalue weighted by molar-refractivity contribution is 6.20. The number of aromatic nitrogens is 1. The van der Waals surface area contributed by atoms with Crippen LogP contribution in [0.15, 0.2) is 36.5 Å². The van der Waals surface area contributed by atoms with Crippen LogP contribution in [0.1, 0.15) is 25.8 Å². The number of benzene rings is 1. The van der Waals surface area contributed by atoms with Gasteiger partial charge in [-0.2, -0.15) is 0 Å². The molecule has 2 atom stereocenters. The lowest BCUT2D eigenvalue weighted by Gasteiger charge is -2.15. The summed E-state index contributed by atoms with van der Waals surface area (Å²) >= 11 is 6.00. The van der Waals surface area contributed by atoms with E-state index < -0.39 is 0 Å². The smallest absolute Gasteiger partial charge is 0.0746 e. The Morgan fingerprint density at radius 2 is 2.00 bits per heavy atom. The minimum Gasteiger partial charge on any atom is -0.310 e. The molecule has 2 rings (SSSR count). The first-order valence-electron chi connectivity index (χ1n) is 6.37. The van der Waals surface area contributed by atoms with E-state index in [9.17, 15) is 0 Å². The van der Waals surface area contributed by atoms with E-state index in [1.54, 1.807) is 0 Å². The van der Waals surface area contributed by atoms with Crippen LogP contribution in [0.2, 0.25) is 0 Å². The fraction of sp³-hybridized carbons (Fsp3) is 0.400. The molecule has 2 unspecified atom stereocenters. The molecule has 0 saturated carbocycles. The molecule has 0 aliphatic heterocycles. The second-order valence-corrected chi connectivity index (χ2v) is 5.54. The summed E-state index contributed by atoms with van der Waals surface area (Å²) in [7, 11) is 0. The van der Waals surface area contributed by atoms with Gasteiger partial charge in [0.25, 0.3) is 0 Å². The van der Waals surface area contributed by atoms with Crippen LogP contribution in [0.5, 0.6) is 0 Å². The predicted molar refractivity (Wildman–Crippen MR) is 78.0 cm³/mol. The molecule has 1 N–H and O–H groups in total. The van der Waals surface area contributed by atoms with Crippen molar-refractivity contribution in [3.8, 4) is 0 Å². The Bertz CT molecular complexity index is 505. The van der Waals surface area contributed by atoms with Crippen molar-refractivity contribution in [1.29, 1.82) is 0 Å². The van der Waals surface area contributed by atoms with Gasteiger partial charge in [0.15, 0.2) is 0 Å². The Hall–Kier alpha value is -1.12. The van der Waals surface area contributed by atoms with E-state index in [1.165, 1.54) is 10.9 Å². The number of rotatable bonds is 5. The summed E-state index contributed by atoms with van der Waals surface area (Å²) in [4.78, 5) is 4.45. The van der Waals surface area contributed by atoms with Crippen LogP contribution in [0.3, 0.4) is 0 Å². The van der Waals surface area contributed by atoms with Crippen molar-refractivity contribution in [2.45, 2.75) is 38.2 Å². The molecule has 0 aliphatic rings. The minimum absolute atomic E-state index is 0.207. The molecule has 3 heteroatoms. The van der Waals surface area contributed by atoms with Crippen LogP contribution >= 0.6 is 11.6 Å². The Morgan fingerprint density at radius 3 is 2.78 bits per heavy atom. The molecule has 2 aromatic rings. The minimum atomic E-state index is 0.207. The van der Waals surface area contributed by atoms with Crippen LogP contribution < -0.4 is 5.32 Å². The lowest BCUT2D eigenvalue weighted by Crippen LogP contribution is -2.27. The average Bonchev–Trinajstić information content (AvgIpc) is 2.35. The molecule has 1 aromatic carbocycles. The van der Waals surface area contributed by atoms with Crippen LogP contribution in [0, 0.1) is 0 Å². The standard InChI is InChI=1S/C15H19ClN2/c1-11(16)9-12(2)18-10-14-6-3-5-13-7-4-8-17-15(13)14/h3-8,11-12,18H,9-10H2,1-2H3. The lowest BCUT2D eigenvalue weighted by molar-refractivity contribution is 0.512. The predicted octanol–water partition coefficient (Wildman–Crippen LogP) is 3.73. The number of para-hydroxylation sites is 1. The molecule has 0 amide bonds. The van der Waals surface area contributed by atoms with E-state index in [0.717, 1.165) is 18.5 Å². The third-order valence-electron chi connectivity index (χ3n) is 3.04. The second-order valence-electron chi connectivity index (χ2n) is 4.79. The molecule has 0 radical (unpaired) electrons. The molecular formula is C15H19ClN2. The first kappa shape index (κ1) is 13.3. The van der Waals surface area contributed by atoms with Crippen LogP contribution in [-0.2, 0) is 6.54 Å². The second kappa shape index (κ2) is 6.17. The molecule has 0 aliphatic carbocycles. The number of pyridine rings is 1. The van der Waals surface area contributed by atoms with Crippen LogP contribution in [0.4, 0.5) is 0 Å². The fourth-order valence-corrected chi connectivity index (χ4v) is 2.43. The van der Waals surface area contributed by atoms with Gasteiger partial charge in [0.2, 0.25) is 0 Å². The molecule has 0 fully saturated rings. The van der Waals surface area contributed by atoms with Gasteiger partial charge < -0.3 is 5.32 Å². The van der Waals surface area contributed by atoms with Crippen LogP contribution in [-0.4, -0.2) is 16.4 Å². The fourth-order valence-electron chi connectivity index (χ4n) is 2.16. The van der Waals surface area contributed by atoms with E-state index >= 15 is 0 Å². The Kier molecular flexibility index (Phi) is 4.56. The van der Waals surface area contributed by atoms with E-state index in [0.29, 0.717) is 6.04 Å². The first-order chi connectivity index (χ1) is 8.66. The van der Waals surface area contributed by atoms with Crippen molar-refractivity contribution in [2.24, 2.45) is 0 Å². The molecule has 0 spiro atoms. The van der Waals surface area contributed by atoms with Gasteiger partial charge in [-0.05, 0) is 31.9 Å². The number of hydrogen-bond acceptors (Lipinski definition) is 2. The topological polar surface area (TPSA) is 24.9 Å². The molecule has 18 heavy (non-hydrogen) atoms. The summed E-state index contributed by atoms with van der Waals surface area (Å²) in [6.45, 7) is 5.02. The maximum Gasteiger partial charge on any atom is 0.0746 e. The molecule has 96 valence electrons. The highest BCUT2D eigenvalue weighted by Gasteiger charge is 2.07. The highest BCUT2D eigenvalue weighted by atomic mass is 35.5. The number of nitrogens with one attached hydrogen (secondary N) is 1. The number of hydrogen-bond donors (Lipinski definition) is 1. The van der Waals surface area contributed by atoms with Gasteiger partial charge in [-0.25, -0.2) is 0 Å². The van der Waals surface area contributed by atoms with Crippen molar-refractivity contribution in [3.05, 3.63) is 42.1 Å². The van der Waals surface area contributed by atoms with Gasteiger partial charge in [0, 0.05) is 29.5 Å². The van der Waals surface area contributed by atoms with Crippen LogP contribution in [0.25, 0.3) is 10.9 Å². The van der Waals surface area contributed by atoms with Gasteiger partial charge >= 0.3 is 0 Å². The van der Waals surface area contributed by atoms with Crippen molar-refractivity contribution in [2.75, 3.05) is 0 Å². The van der Waals surface area contributed by atoms with Gasteiger partial charge in [-0.15, -0.1) is 11.6 Å². The Labute approximate surface area is 113 Å². The zero-order chi connectivity index (χ0) is 13.0. The Morgan fingerprint density at radius 1 is 1.22 bits per heavy atom. The normalized spacial score (nSPS) is 14.6. The average molecular weight is 263 g/mol. The van der Waals surface area contributed by atoms with Gasteiger partial charge in [0.1, 0.15) is 0 Å². The first-order valence-corrected chi connectivity index (χ1v) is 6.80. The van der Waals surface area contributed by atoms with Crippen molar-refractivity contribution in [1.82, 2.24) is 10.3 Å². The summed E-state index contributed by atoms with van der Waals surface area (Å²) in [5.41, 5.74) is 2.32. The zero-order valence-corrected chi connectivity index (χ0v) is 11.6. The molecule has 0 bridgehead atoms. The summed E-state index contributed by atoms with van der Waals surface area (Å²) in [6, 6.07) is 10.8. The molecule has 1 heterocycles. The molecule has 1 aromatic heterocycles. The van der Waals surface area contributed by atoms with E-state index in [4.69, 9.17) is 11.6 Å². The van der Waals surface area contributed by atoms with Gasteiger partial charge in [-0.3, -0.25) is 4.98 Å². The summed E-state index contributed by atoms with van der Waals surface area (Å²) in [5.74, 6) is 0. The van der Waals surface area contributed by atoms with Crippen molar-refractivity contribution >= 4 is 22.5 Å². The summed E-state index contributed by atoms with van der Waals surface area (Å²) in [6.07, 6.45) is 2.82. The molecular weight excluding hydrogens is 244 g/mol. The SMILES string of the molecule is CC(Cl)CC(C)NCc1cccc2cccnc12. The quantitative estimate of drug-likeness (QED) is 0.831. The third-order valence-corrected chi connectivity index (χ3v) is 3.21. The number of nitrogens with zero attached hydrogens (tertiary/aromatic N) is 1. The van der Waals surface area contributed by atoms with E-state index in [-0.39, 0.29) is 5.38 Å². The lowest BCUT2D eigenvalue weighted by atomic mass is 10.1. The summed E-state index contributed by atoms with van der Waals surface area (Å²) < 4.78 is 0. The van der Waals surface area contributed by atoms with Gasteiger partial charge in [-0.1, -0.05) is 24.3 Å². The largest absolute Gasteiger partial charge is 0.310 e. The van der Waals surface area contributed by atoms with E-state index in [1.807, 2.05) is 19.2 Å². The number of fused-ring (bicyclic) bond motifs is 1. The number of alkyl halides is 1.